The van der Waals surface area contributed by atoms with E-state index in [1.54, 1.807) is 35.9 Å². The quantitative estimate of drug-likeness (QED) is 0.110. The second kappa shape index (κ2) is 15.9. The molecule has 0 saturated carbocycles. The Hall–Kier alpha value is -3.02. The fourth-order valence-corrected chi connectivity index (χ4v) is 8.42. The average Bonchev–Trinajstić information content (AvgIpc) is 3.67. The second-order valence-electron chi connectivity index (χ2n) is 13.1. The number of hydrogen-bond donors (Lipinski definition) is 1. The van der Waals surface area contributed by atoms with Gasteiger partial charge in [0.1, 0.15) is 17.7 Å². The Labute approximate surface area is 287 Å². The van der Waals surface area contributed by atoms with Crippen molar-refractivity contribution in [3.05, 3.63) is 61.2 Å². The first kappa shape index (κ1) is 36.8. The predicted octanol–water partition coefficient (Wildman–Crippen LogP) is 4.42. The van der Waals surface area contributed by atoms with Crippen molar-refractivity contribution in [1.29, 1.82) is 0 Å². The van der Waals surface area contributed by atoms with Crippen LogP contribution in [0.2, 0.25) is 0 Å². The molecule has 1 aromatic rings. The molecule has 9 atom stereocenters. The molecule has 1 unspecified atom stereocenters. The number of carbonyl (C=O) groups excluding carboxylic acids is 4. The highest BCUT2D eigenvalue weighted by Gasteiger charge is 2.77. The van der Waals surface area contributed by atoms with Crippen molar-refractivity contribution in [2.24, 2.45) is 11.8 Å². The van der Waals surface area contributed by atoms with Gasteiger partial charge >= 0.3 is 5.97 Å². The van der Waals surface area contributed by atoms with Crippen molar-refractivity contribution < 1.29 is 33.8 Å². The fraction of sp³-hybridized carbons (Fsp3) is 0.611. The van der Waals surface area contributed by atoms with Gasteiger partial charge in [-0.15, -0.1) is 13.2 Å². The summed E-state index contributed by atoms with van der Waals surface area (Å²) in [6.07, 6.45) is 5.70. The van der Waals surface area contributed by atoms with E-state index in [2.05, 4.69) is 36.0 Å². The van der Waals surface area contributed by atoms with Crippen LogP contribution in [0.3, 0.4) is 0 Å². The van der Waals surface area contributed by atoms with Crippen LogP contribution in [0.25, 0.3) is 0 Å². The molecule has 3 fully saturated rings. The molecule has 0 aliphatic carbocycles. The lowest BCUT2D eigenvalue weighted by Crippen LogP contribution is -2.58. The van der Waals surface area contributed by atoms with Crippen molar-refractivity contribution in [3.8, 4) is 0 Å². The number of carbonyl (C=O) groups is 4. The fourth-order valence-electron chi connectivity index (χ4n) is 7.47. The van der Waals surface area contributed by atoms with Crippen LogP contribution in [0.5, 0.6) is 0 Å². The molecule has 11 heteroatoms. The summed E-state index contributed by atoms with van der Waals surface area (Å²) >= 11 is 3.72. The second-order valence-corrected chi connectivity index (χ2v) is 14.2. The van der Waals surface area contributed by atoms with Gasteiger partial charge in [-0.25, -0.2) is 0 Å². The van der Waals surface area contributed by atoms with E-state index in [0.29, 0.717) is 31.5 Å². The van der Waals surface area contributed by atoms with E-state index >= 15 is 0 Å². The molecule has 4 rings (SSSR count). The standard InChI is InChI=1S/C36H50BrN3O7/c1-7-10-15-20-39(19-9-3)34(44)32-36-21-26(37)31(47-36)28(29(36)33(43)40(32)23(4)22-41)35(45)46-30(25-16-13-12-14-17-25)24(5)38(6)27(42)18-11-8-2/h8-9,12-14,16-17,23-24,26,28-32,41H,2-3,7,10-11,15,18-22H2,1,4-6H3/t23-,24-,26?,28+,29-,30+,31+,32+,36-/m1/s1. The summed E-state index contributed by atoms with van der Waals surface area (Å²) in [7, 11) is 1.68. The number of rotatable bonds is 17. The number of aliphatic hydroxyl groups is 1. The molecule has 10 nitrogen and oxygen atoms in total. The van der Waals surface area contributed by atoms with E-state index in [4.69, 9.17) is 9.47 Å². The van der Waals surface area contributed by atoms with E-state index in [1.165, 1.54) is 4.90 Å². The largest absolute Gasteiger partial charge is 0.455 e. The number of aliphatic hydroxyl groups excluding tert-OH is 1. The maximum absolute atomic E-state index is 14.4. The Morgan fingerprint density at radius 1 is 1.19 bits per heavy atom. The highest BCUT2D eigenvalue weighted by molar-refractivity contribution is 9.09. The topological polar surface area (TPSA) is 117 Å². The van der Waals surface area contributed by atoms with Gasteiger partial charge in [-0.05, 0) is 38.7 Å². The lowest BCUT2D eigenvalue weighted by Gasteiger charge is -2.38. The zero-order valence-electron chi connectivity index (χ0n) is 28.1. The SMILES string of the molecule is C=CCCC(=O)N(C)[C@H](C)[C@H](OC(=O)[C@@H]1[C@H]2O[C@@]3(CC2Br)[C@H](C(=O)N(CC=C)CCCCC)N([C@H](C)CO)C(=O)[C@@H]13)c1ccccc1. The first-order chi connectivity index (χ1) is 22.5. The van der Waals surface area contributed by atoms with Crippen LogP contribution in [0.4, 0.5) is 0 Å². The number of fused-ring (bicyclic) bond motifs is 1. The molecular formula is C36H50BrN3O7. The number of hydrogen-bond acceptors (Lipinski definition) is 7. The van der Waals surface area contributed by atoms with Crippen molar-refractivity contribution in [3.63, 3.8) is 0 Å². The minimum Gasteiger partial charge on any atom is -0.455 e. The number of nitrogens with zero attached hydrogens (tertiary/aromatic N) is 3. The predicted molar refractivity (Wildman–Crippen MR) is 182 cm³/mol. The molecule has 3 amide bonds. The zero-order chi connectivity index (χ0) is 34.5. The number of halogens is 1. The van der Waals surface area contributed by atoms with E-state index in [-0.39, 0.29) is 29.7 Å². The maximum Gasteiger partial charge on any atom is 0.313 e. The Balaban J connectivity index is 1.70. The molecule has 0 radical (unpaired) electrons. The minimum atomic E-state index is -1.28. The highest BCUT2D eigenvalue weighted by atomic mass is 79.9. The molecule has 2 bridgehead atoms. The molecule has 1 aromatic carbocycles. The van der Waals surface area contributed by atoms with Gasteiger partial charge in [-0.3, -0.25) is 19.2 Å². The zero-order valence-corrected chi connectivity index (χ0v) is 29.6. The molecule has 47 heavy (non-hydrogen) atoms. The van der Waals surface area contributed by atoms with Crippen molar-refractivity contribution in [2.75, 3.05) is 26.7 Å². The number of alkyl halides is 1. The lowest BCUT2D eigenvalue weighted by molar-refractivity contribution is -0.165. The van der Waals surface area contributed by atoms with Gasteiger partial charge in [0.15, 0.2) is 0 Å². The molecule has 0 aromatic heterocycles. The van der Waals surface area contributed by atoms with Crippen molar-refractivity contribution in [1.82, 2.24) is 14.7 Å². The number of esters is 1. The van der Waals surface area contributed by atoms with E-state index < -0.39 is 59.6 Å². The minimum absolute atomic E-state index is 0.110. The summed E-state index contributed by atoms with van der Waals surface area (Å²) in [4.78, 5) is 60.6. The monoisotopic (exact) mass is 715 g/mol. The molecular weight excluding hydrogens is 666 g/mol. The number of benzene rings is 1. The van der Waals surface area contributed by atoms with Gasteiger partial charge in [0.2, 0.25) is 17.7 Å². The van der Waals surface area contributed by atoms with Gasteiger partial charge in [-0.1, -0.05) is 78.2 Å². The third kappa shape index (κ3) is 7.08. The normalized spacial score (nSPS) is 27.9. The van der Waals surface area contributed by atoms with Crippen LogP contribution < -0.4 is 0 Å². The first-order valence-electron chi connectivity index (χ1n) is 16.8. The lowest BCUT2D eigenvalue weighted by atomic mass is 9.70. The Morgan fingerprint density at radius 2 is 1.89 bits per heavy atom. The number of ether oxygens (including phenoxy) is 2. The highest BCUT2D eigenvalue weighted by Crippen LogP contribution is 2.61. The van der Waals surface area contributed by atoms with Crippen molar-refractivity contribution >= 4 is 39.6 Å². The number of likely N-dealkylation sites (N-methyl/N-ethyl adjacent to an activating group) is 1. The third-order valence-corrected chi connectivity index (χ3v) is 10.9. The van der Waals surface area contributed by atoms with Crippen LogP contribution >= 0.6 is 15.9 Å². The molecule has 258 valence electrons. The first-order valence-corrected chi connectivity index (χ1v) is 17.7. The van der Waals surface area contributed by atoms with Gasteiger partial charge < -0.3 is 29.3 Å². The summed E-state index contributed by atoms with van der Waals surface area (Å²) < 4.78 is 13.0. The molecule has 3 heterocycles. The van der Waals surface area contributed by atoms with Gasteiger partial charge in [0, 0.05) is 31.4 Å². The number of likely N-dealkylation sites (tertiary alicyclic amines) is 1. The summed E-state index contributed by atoms with van der Waals surface area (Å²) in [5.74, 6) is -3.39. The number of allylic oxidation sites excluding steroid dienone is 1. The molecule has 3 aliphatic heterocycles. The van der Waals surface area contributed by atoms with Crippen molar-refractivity contribution in [2.45, 2.75) is 100 Å². The Bertz CT molecular complexity index is 1310. The molecule has 1 spiro atoms. The maximum atomic E-state index is 14.4. The Kier molecular flexibility index (Phi) is 12.5. The van der Waals surface area contributed by atoms with Gasteiger partial charge in [0.05, 0.1) is 36.6 Å². The molecule has 1 N–H and O–H groups in total. The van der Waals surface area contributed by atoms with E-state index in [9.17, 15) is 24.3 Å². The molecule has 3 aliphatic rings. The molecule has 3 saturated heterocycles. The van der Waals surface area contributed by atoms with Gasteiger partial charge in [0.25, 0.3) is 0 Å². The smallest absolute Gasteiger partial charge is 0.313 e. The van der Waals surface area contributed by atoms with Crippen LogP contribution in [-0.2, 0) is 28.7 Å². The van der Waals surface area contributed by atoms with Crippen LogP contribution in [-0.4, -0.2) is 105 Å². The average molecular weight is 717 g/mol. The van der Waals surface area contributed by atoms with Crippen LogP contribution in [0, 0.1) is 11.8 Å². The van der Waals surface area contributed by atoms with Gasteiger partial charge in [-0.2, -0.15) is 0 Å². The van der Waals surface area contributed by atoms with E-state index in [1.807, 2.05) is 37.3 Å². The third-order valence-electron chi connectivity index (χ3n) is 10.0. The van der Waals surface area contributed by atoms with Crippen LogP contribution in [0.15, 0.2) is 55.6 Å². The summed E-state index contributed by atoms with van der Waals surface area (Å²) in [5, 5.41) is 10.2. The summed E-state index contributed by atoms with van der Waals surface area (Å²) in [5.41, 5.74) is -0.574. The Morgan fingerprint density at radius 3 is 2.51 bits per heavy atom. The van der Waals surface area contributed by atoms with Crippen LogP contribution in [0.1, 0.15) is 71.0 Å². The number of unbranched alkanes of at least 4 members (excludes halogenated alkanes) is 2. The number of amides is 3. The summed E-state index contributed by atoms with van der Waals surface area (Å²) in [6.45, 7) is 13.6. The summed E-state index contributed by atoms with van der Waals surface area (Å²) in [6, 6.07) is 6.99. The van der Waals surface area contributed by atoms with E-state index in [0.717, 1.165) is 19.3 Å².